The number of nitrogens with two attached hydrogens (primary N) is 1. The van der Waals surface area contributed by atoms with Gasteiger partial charge in [0.25, 0.3) is 5.91 Å². The Morgan fingerprint density at radius 2 is 1.18 bits per heavy atom. The lowest BCUT2D eigenvalue weighted by Crippen LogP contribution is -2.44. The van der Waals surface area contributed by atoms with Crippen molar-refractivity contribution in [1.82, 2.24) is 10.6 Å². The van der Waals surface area contributed by atoms with Crippen LogP contribution >= 0.6 is 0 Å². The van der Waals surface area contributed by atoms with Crippen molar-refractivity contribution in [1.29, 1.82) is 0 Å². The van der Waals surface area contributed by atoms with E-state index in [2.05, 4.69) is 10.6 Å². The Kier molecular flexibility index (Phi) is 5.81. The molecule has 0 atom stereocenters. The summed E-state index contributed by atoms with van der Waals surface area (Å²) in [6.07, 6.45) is 0. The average molecular weight is 373 g/mol. The third-order valence-corrected chi connectivity index (χ3v) is 4.18. The summed E-state index contributed by atoms with van der Waals surface area (Å²) in [6, 6.07) is 24.3. The van der Waals surface area contributed by atoms with Crippen LogP contribution in [0.5, 0.6) is 0 Å². The molecule has 0 spiro atoms. The molecule has 0 saturated carbocycles. The summed E-state index contributed by atoms with van der Waals surface area (Å²) in [4.78, 5) is 36.9. The number of nitrogen functional groups attached to an aromatic ring is 1. The van der Waals surface area contributed by atoms with E-state index in [1.165, 1.54) is 6.07 Å². The Morgan fingerprint density at radius 1 is 0.679 bits per heavy atom. The van der Waals surface area contributed by atoms with Crippen molar-refractivity contribution in [3.05, 3.63) is 102 Å². The molecule has 6 heteroatoms. The van der Waals surface area contributed by atoms with Crippen LogP contribution in [0.15, 0.2) is 84.9 Å². The smallest absolute Gasteiger partial charge is 0.316 e. The minimum absolute atomic E-state index is 0.131. The van der Waals surface area contributed by atoms with Gasteiger partial charge in [0.15, 0.2) is 0 Å². The van der Waals surface area contributed by atoms with Gasteiger partial charge in [-0.25, -0.2) is 0 Å². The Labute approximate surface area is 162 Å². The van der Waals surface area contributed by atoms with Crippen molar-refractivity contribution >= 4 is 23.4 Å². The van der Waals surface area contributed by atoms with Crippen molar-refractivity contribution in [3.63, 3.8) is 0 Å². The predicted octanol–water partition coefficient (Wildman–Crippen LogP) is 2.43. The Balaban J connectivity index is 1.76. The van der Waals surface area contributed by atoms with Gasteiger partial charge < -0.3 is 11.1 Å². The normalized spacial score (nSPS) is 10.3. The zero-order chi connectivity index (χ0) is 19.9. The molecule has 0 aliphatic rings. The number of anilines is 1. The molecule has 140 valence electrons. The summed E-state index contributed by atoms with van der Waals surface area (Å²) >= 11 is 0. The number of hydrogen-bond donors (Lipinski definition) is 3. The molecule has 0 aliphatic carbocycles. The van der Waals surface area contributed by atoms with E-state index >= 15 is 0 Å². The van der Waals surface area contributed by atoms with Crippen molar-refractivity contribution < 1.29 is 14.4 Å². The first kappa shape index (κ1) is 18.8. The van der Waals surface area contributed by atoms with Crippen LogP contribution in [0.4, 0.5) is 5.69 Å². The first-order chi connectivity index (χ1) is 13.6. The van der Waals surface area contributed by atoms with Gasteiger partial charge >= 0.3 is 11.8 Å². The summed E-state index contributed by atoms with van der Waals surface area (Å²) in [5.41, 5.74) is 7.71. The fourth-order valence-electron chi connectivity index (χ4n) is 2.78. The number of hydrogen-bond acceptors (Lipinski definition) is 4. The second-order valence-corrected chi connectivity index (χ2v) is 6.10. The monoisotopic (exact) mass is 373 g/mol. The predicted molar refractivity (Wildman–Crippen MR) is 106 cm³/mol. The second kappa shape index (κ2) is 8.64. The number of para-hydroxylation sites is 1. The van der Waals surface area contributed by atoms with E-state index in [1.54, 1.807) is 18.2 Å². The SMILES string of the molecule is Nc1ccccc1C(=O)NC(=O)C(=O)NC(c1ccccc1)c1ccccc1. The first-order valence-electron chi connectivity index (χ1n) is 8.67. The quantitative estimate of drug-likeness (QED) is 0.483. The molecular formula is C22H19N3O3. The molecular weight excluding hydrogens is 354 g/mol. The van der Waals surface area contributed by atoms with Gasteiger partial charge in [0, 0.05) is 5.69 Å². The number of benzene rings is 3. The van der Waals surface area contributed by atoms with Gasteiger partial charge in [-0.15, -0.1) is 0 Å². The average Bonchev–Trinajstić information content (AvgIpc) is 2.73. The van der Waals surface area contributed by atoms with E-state index in [-0.39, 0.29) is 11.3 Å². The third-order valence-electron chi connectivity index (χ3n) is 4.18. The summed E-state index contributed by atoms with van der Waals surface area (Å²) in [5, 5.41) is 4.76. The lowest BCUT2D eigenvalue weighted by molar-refractivity contribution is -0.138. The number of amides is 3. The number of nitrogens with one attached hydrogen (secondary N) is 2. The molecule has 28 heavy (non-hydrogen) atoms. The lowest BCUT2D eigenvalue weighted by Gasteiger charge is -2.19. The van der Waals surface area contributed by atoms with E-state index in [0.29, 0.717) is 0 Å². The Morgan fingerprint density at radius 3 is 1.71 bits per heavy atom. The van der Waals surface area contributed by atoms with E-state index in [9.17, 15) is 14.4 Å². The first-order valence-corrected chi connectivity index (χ1v) is 8.67. The number of carbonyl (C=O) groups excluding carboxylic acids is 3. The van der Waals surface area contributed by atoms with Gasteiger partial charge in [0.1, 0.15) is 0 Å². The van der Waals surface area contributed by atoms with Crippen LogP contribution in [-0.4, -0.2) is 17.7 Å². The second-order valence-electron chi connectivity index (χ2n) is 6.10. The molecule has 0 unspecified atom stereocenters. The maximum Gasteiger partial charge on any atom is 0.316 e. The van der Waals surface area contributed by atoms with Crippen molar-refractivity contribution in [2.75, 3.05) is 5.73 Å². The largest absolute Gasteiger partial charge is 0.398 e. The molecule has 3 rings (SSSR count). The highest BCUT2D eigenvalue weighted by Gasteiger charge is 2.23. The van der Waals surface area contributed by atoms with Crippen LogP contribution in [0.1, 0.15) is 27.5 Å². The maximum absolute atomic E-state index is 12.4. The highest BCUT2D eigenvalue weighted by Crippen LogP contribution is 2.21. The van der Waals surface area contributed by atoms with Gasteiger partial charge in [-0.05, 0) is 23.3 Å². The van der Waals surface area contributed by atoms with Crippen molar-refractivity contribution in [2.24, 2.45) is 0 Å². The molecule has 0 radical (unpaired) electrons. The molecule has 0 saturated heterocycles. The minimum Gasteiger partial charge on any atom is -0.398 e. The van der Waals surface area contributed by atoms with Crippen LogP contribution < -0.4 is 16.4 Å². The molecule has 0 aromatic heterocycles. The van der Waals surface area contributed by atoms with E-state index < -0.39 is 23.8 Å². The molecule has 4 N–H and O–H groups in total. The zero-order valence-corrected chi connectivity index (χ0v) is 15.0. The summed E-state index contributed by atoms with van der Waals surface area (Å²) in [5.74, 6) is -2.69. The van der Waals surface area contributed by atoms with Gasteiger partial charge in [-0.1, -0.05) is 72.8 Å². The van der Waals surface area contributed by atoms with Crippen LogP contribution in [0, 0.1) is 0 Å². The zero-order valence-electron chi connectivity index (χ0n) is 15.0. The summed E-state index contributed by atoms with van der Waals surface area (Å²) in [7, 11) is 0. The molecule has 0 aliphatic heterocycles. The summed E-state index contributed by atoms with van der Waals surface area (Å²) in [6.45, 7) is 0. The fourth-order valence-corrected chi connectivity index (χ4v) is 2.78. The van der Waals surface area contributed by atoms with Gasteiger partial charge in [0.05, 0.1) is 11.6 Å². The Bertz CT molecular complexity index is 949. The van der Waals surface area contributed by atoms with Crippen LogP contribution in [0.2, 0.25) is 0 Å². The highest BCUT2D eigenvalue weighted by atomic mass is 16.2. The summed E-state index contributed by atoms with van der Waals surface area (Å²) < 4.78 is 0. The molecule has 3 aromatic carbocycles. The van der Waals surface area contributed by atoms with Crippen LogP contribution in [0.25, 0.3) is 0 Å². The molecule has 6 nitrogen and oxygen atoms in total. The van der Waals surface area contributed by atoms with Crippen molar-refractivity contribution in [2.45, 2.75) is 6.04 Å². The topological polar surface area (TPSA) is 101 Å². The van der Waals surface area contributed by atoms with E-state index in [1.807, 2.05) is 60.7 Å². The third kappa shape index (κ3) is 4.42. The fraction of sp³-hybridized carbons (Fsp3) is 0.0455. The minimum atomic E-state index is -1.05. The van der Waals surface area contributed by atoms with Gasteiger partial charge in [-0.2, -0.15) is 0 Å². The molecule has 0 bridgehead atoms. The van der Waals surface area contributed by atoms with E-state index in [0.717, 1.165) is 11.1 Å². The number of imide groups is 1. The lowest BCUT2D eigenvalue weighted by atomic mass is 9.98. The molecule has 3 amide bonds. The molecule has 0 fully saturated rings. The molecule has 0 heterocycles. The Hall–Kier alpha value is -3.93. The van der Waals surface area contributed by atoms with Gasteiger partial charge in [-0.3, -0.25) is 19.7 Å². The highest BCUT2D eigenvalue weighted by molar-refractivity contribution is 6.38. The number of rotatable bonds is 4. The van der Waals surface area contributed by atoms with Crippen LogP contribution in [-0.2, 0) is 9.59 Å². The maximum atomic E-state index is 12.4. The van der Waals surface area contributed by atoms with E-state index in [4.69, 9.17) is 5.73 Å². The van der Waals surface area contributed by atoms with Gasteiger partial charge in [0.2, 0.25) is 0 Å². The van der Waals surface area contributed by atoms with Crippen molar-refractivity contribution in [3.8, 4) is 0 Å². The number of carbonyl (C=O) groups is 3. The standard InChI is InChI=1S/C22H19N3O3/c23-18-14-8-7-13-17(18)20(26)25-22(28)21(27)24-19(15-9-3-1-4-10-15)16-11-5-2-6-12-16/h1-14,19H,23H2,(H,24,27)(H,25,26,28). The molecule has 3 aromatic rings. The van der Waals surface area contributed by atoms with Crippen LogP contribution in [0.3, 0.4) is 0 Å².